The molecule has 2 aliphatic heterocycles. The third kappa shape index (κ3) is 3.18. The molecule has 26 heavy (non-hydrogen) atoms. The van der Waals surface area contributed by atoms with Crippen molar-refractivity contribution in [1.29, 1.82) is 0 Å². The molecule has 1 amide bonds. The van der Waals surface area contributed by atoms with Gasteiger partial charge in [0.15, 0.2) is 11.6 Å². The largest absolute Gasteiger partial charge is 0.393 e. The van der Waals surface area contributed by atoms with Crippen LogP contribution in [0.15, 0.2) is 12.3 Å². The van der Waals surface area contributed by atoms with Crippen LogP contribution >= 0.6 is 11.6 Å². The molecule has 3 fully saturated rings. The van der Waals surface area contributed by atoms with Crippen LogP contribution in [-0.2, 0) is 4.79 Å². The van der Waals surface area contributed by atoms with E-state index in [0.29, 0.717) is 18.9 Å². The Morgan fingerprint density at radius 3 is 2.73 bits per heavy atom. The summed E-state index contributed by atoms with van der Waals surface area (Å²) in [6.45, 7) is 1.99. The minimum absolute atomic E-state index is 0.206. The number of hydrogen-bond acceptors (Lipinski definition) is 4. The van der Waals surface area contributed by atoms with E-state index >= 15 is 0 Å². The quantitative estimate of drug-likeness (QED) is 0.855. The molecule has 5 nitrogen and oxygen atoms in total. The van der Waals surface area contributed by atoms with E-state index in [2.05, 4.69) is 4.98 Å². The second-order valence-electron chi connectivity index (χ2n) is 7.98. The van der Waals surface area contributed by atoms with Gasteiger partial charge in [-0.25, -0.2) is 9.37 Å². The summed E-state index contributed by atoms with van der Waals surface area (Å²) in [7, 11) is 0. The molecule has 0 unspecified atom stereocenters. The summed E-state index contributed by atoms with van der Waals surface area (Å²) in [5, 5.41) is 10.0. The average molecular weight is 382 g/mol. The first-order chi connectivity index (χ1) is 12.5. The van der Waals surface area contributed by atoms with Crippen molar-refractivity contribution in [3.63, 3.8) is 0 Å². The Kier molecular flexibility index (Phi) is 4.82. The lowest BCUT2D eigenvalue weighted by Gasteiger charge is -2.41. The molecule has 1 aliphatic carbocycles. The zero-order valence-corrected chi connectivity index (χ0v) is 15.6. The molecule has 1 spiro atoms. The van der Waals surface area contributed by atoms with Gasteiger partial charge in [-0.15, -0.1) is 0 Å². The van der Waals surface area contributed by atoms with Crippen LogP contribution in [0.3, 0.4) is 0 Å². The first-order valence-electron chi connectivity index (χ1n) is 9.54. The fourth-order valence-electron chi connectivity index (χ4n) is 4.90. The number of nitrogens with zero attached hydrogens (tertiary/aromatic N) is 3. The number of hydrogen-bond donors (Lipinski definition) is 1. The van der Waals surface area contributed by atoms with Gasteiger partial charge < -0.3 is 14.9 Å². The van der Waals surface area contributed by atoms with E-state index < -0.39 is 11.2 Å². The van der Waals surface area contributed by atoms with Crippen LogP contribution in [0.2, 0.25) is 5.02 Å². The summed E-state index contributed by atoms with van der Waals surface area (Å²) >= 11 is 5.82. The number of aliphatic hydroxyl groups is 1. The molecule has 3 heterocycles. The van der Waals surface area contributed by atoms with Gasteiger partial charge in [0.05, 0.1) is 16.5 Å². The van der Waals surface area contributed by atoms with Gasteiger partial charge in [-0.05, 0) is 51.0 Å². The Morgan fingerprint density at radius 2 is 2.00 bits per heavy atom. The number of amides is 1. The second kappa shape index (κ2) is 6.97. The maximum Gasteiger partial charge on any atom is 0.230 e. The average Bonchev–Trinajstić information content (AvgIpc) is 2.92. The maximum absolute atomic E-state index is 14.3. The van der Waals surface area contributed by atoms with Gasteiger partial charge in [0.1, 0.15) is 0 Å². The molecule has 0 bridgehead atoms. The third-order valence-corrected chi connectivity index (χ3v) is 6.52. The first-order valence-corrected chi connectivity index (χ1v) is 9.91. The topological polar surface area (TPSA) is 56.7 Å². The van der Waals surface area contributed by atoms with Gasteiger partial charge in [-0.2, -0.15) is 0 Å². The molecule has 1 saturated carbocycles. The number of anilines is 1. The Labute approximate surface area is 158 Å². The molecule has 7 heteroatoms. The van der Waals surface area contributed by atoms with Crippen LogP contribution in [0.4, 0.5) is 10.2 Å². The van der Waals surface area contributed by atoms with Crippen LogP contribution in [-0.4, -0.2) is 52.7 Å². The van der Waals surface area contributed by atoms with Crippen molar-refractivity contribution < 1.29 is 14.3 Å². The van der Waals surface area contributed by atoms with E-state index in [9.17, 15) is 14.3 Å². The fraction of sp³-hybridized carbons (Fsp3) is 0.684. The van der Waals surface area contributed by atoms with Gasteiger partial charge in [0.2, 0.25) is 5.91 Å². The minimum Gasteiger partial charge on any atom is -0.393 e. The van der Waals surface area contributed by atoms with E-state index in [0.717, 1.165) is 51.5 Å². The Balaban J connectivity index is 1.50. The van der Waals surface area contributed by atoms with E-state index in [1.807, 2.05) is 9.80 Å². The smallest absolute Gasteiger partial charge is 0.230 e. The second-order valence-corrected chi connectivity index (χ2v) is 8.41. The van der Waals surface area contributed by atoms with Gasteiger partial charge in [0, 0.05) is 31.9 Å². The number of aliphatic hydroxyl groups excluding tert-OH is 1. The number of likely N-dealkylation sites (tertiary alicyclic amines) is 1. The van der Waals surface area contributed by atoms with E-state index in [4.69, 9.17) is 11.6 Å². The number of rotatable bonds is 2. The van der Waals surface area contributed by atoms with Crippen LogP contribution in [0.1, 0.15) is 44.9 Å². The highest BCUT2D eigenvalue weighted by Gasteiger charge is 2.51. The van der Waals surface area contributed by atoms with Crippen molar-refractivity contribution in [1.82, 2.24) is 9.88 Å². The van der Waals surface area contributed by atoms with Crippen LogP contribution in [0.5, 0.6) is 0 Å². The standard InChI is InChI=1S/C19H25ClFN3O2/c20-13-10-16(21)17(22-11-13)23-8-1-6-19(12-23)7-9-24(18(19)26)14-2-4-15(25)5-3-14/h10-11,14-15,25H,1-9,12H2/t14?,15?,19-/m0/s1. The molecule has 1 aromatic rings. The lowest BCUT2D eigenvalue weighted by Crippen LogP contribution is -2.50. The summed E-state index contributed by atoms with van der Waals surface area (Å²) in [6.07, 6.45) is 7.05. The van der Waals surface area contributed by atoms with E-state index in [-0.39, 0.29) is 23.1 Å². The van der Waals surface area contributed by atoms with Crippen LogP contribution in [0, 0.1) is 11.2 Å². The van der Waals surface area contributed by atoms with E-state index in [1.165, 1.54) is 12.3 Å². The van der Waals surface area contributed by atoms with Gasteiger partial charge >= 0.3 is 0 Å². The van der Waals surface area contributed by atoms with Crippen molar-refractivity contribution in [2.75, 3.05) is 24.5 Å². The Bertz CT molecular complexity index is 695. The van der Waals surface area contributed by atoms with Gasteiger partial charge in [-0.1, -0.05) is 11.6 Å². The number of carbonyl (C=O) groups is 1. The number of halogens is 2. The molecule has 2 saturated heterocycles. The zero-order chi connectivity index (χ0) is 18.3. The molecule has 1 N–H and O–H groups in total. The van der Waals surface area contributed by atoms with Crippen molar-refractivity contribution in [2.45, 2.75) is 57.1 Å². The SMILES string of the molecule is O=C1N(C2CCC(O)CC2)CC[C@]12CCCN(c1ncc(Cl)cc1F)C2. The highest BCUT2D eigenvalue weighted by atomic mass is 35.5. The summed E-state index contributed by atoms with van der Waals surface area (Å²) < 4.78 is 14.3. The fourth-order valence-corrected chi connectivity index (χ4v) is 5.04. The zero-order valence-electron chi connectivity index (χ0n) is 14.8. The van der Waals surface area contributed by atoms with Gasteiger partial charge in [-0.3, -0.25) is 4.79 Å². The molecule has 4 rings (SSSR count). The monoisotopic (exact) mass is 381 g/mol. The first kappa shape index (κ1) is 18.0. The van der Waals surface area contributed by atoms with Crippen molar-refractivity contribution in [3.8, 4) is 0 Å². The predicted molar refractivity (Wildman–Crippen MR) is 97.7 cm³/mol. The summed E-state index contributed by atoms with van der Waals surface area (Å²) in [5.41, 5.74) is -0.429. The van der Waals surface area contributed by atoms with Crippen molar-refractivity contribution in [2.24, 2.45) is 5.41 Å². The predicted octanol–water partition coefficient (Wildman–Crippen LogP) is 3.00. The molecule has 142 valence electrons. The van der Waals surface area contributed by atoms with Crippen molar-refractivity contribution in [3.05, 3.63) is 23.1 Å². The Hall–Kier alpha value is -1.40. The normalized spacial score (nSPS) is 32.5. The molecule has 0 aromatic carbocycles. The summed E-state index contributed by atoms with van der Waals surface area (Å²) in [5.74, 6) is 0.0663. The van der Waals surface area contributed by atoms with E-state index in [1.54, 1.807) is 0 Å². The highest BCUT2D eigenvalue weighted by molar-refractivity contribution is 6.30. The number of piperidine rings is 1. The lowest BCUT2D eigenvalue weighted by atomic mass is 9.78. The third-order valence-electron chi connectivity index (χ3n) is 6.32. The molecular weight excluding hydrogens is 357 g/mol. The lowest BCUT2D eigenvalue weighted by molar-refractivity contribution is -0.139. The van der Waals surface area contributed by atoms with Crippen molar-refractivity contribution >= 4 is 23.3 Å². The summed E-state index contributed by atoms with van der Waals surface area (Å²) in [6, 6.07) is 1.52. The highest BCUT2D eigenvalue weighted by Crippen LogP contribution is 2.43. The number of pyridine rings is 1. The molecular formula is C19H25ClFN3O2. The van der Waals surface area contributed by atoms with Gasteiger partial charge in [0.25, 0.3) is 0 Å². The molecule has 1 aromatic heterocycles. The maximum atomic E-state index is 14.3. The molecule has 3 aliphatic rings. The van der Waals surface area contributed by atoms with Crippen LogP contribution in [0.25, 0.3) is 0 Å². The number of aromatic nitrogens is 1. The minimum atomic E-state index is -0.432. The van der Waals surface area contributed by atoms with Crippen LogP contribution < -0.4 is 4.90 Å². The Morgan fingerprint density at radius 1 is 1.23 bits per heavy atom. The molecule has 1 atom stereocenters. The molecule has 0 radical (unpaired) electrons. The number of carbonyl (C=O) groups excluding carboxylic acids is 1. The summed E-state index contributed by atoms with van der Waals surface area (Å²) in [4.78, 5) is 21.4.